The smallest absolute Gasteiger partial charge is 0.0678 e. The summed E-state index contributed by atoms with van der Waals surface area (Å²) in [5.41, 5.74) is 6.21. The van der Waals surface area contributed by atoms with Crippen molar-refractivity contribution in [3.63, 3.8) is 0 Å². The number of hydrogen-bond acceptors (Lipinski definition) is 2. The van der Waals surface area contributed by atoms with Gasteiger partial charge in [-0.05, 0) is 51.3 Å². The maximum absolute atomic E-state index is 4.78. The molecule has 3 nitrogen and oxygen atoms in total. The predicted molar refractivity (Wildman–Crippen MR) is 89.4 cm³/mol. The molecule has 0 radical (unpaired) electrons. The lowest BCUT2D eigenvalue weighted by Gasteiger charge is -2.14. The van der Waals surface area contributed by atoms with Crippen molar-refractivity contribution < 1.29 is 0 Å². The molecule has 1 heterocycles. The number of rotatable bonds is 6. The Labute approximate surface area is 128 Å². The quantitative estimate of drug-likeness (QED) is 0.816. The van der Waals surface area contributed by atoms with Crippen LogP contribution in [0.4, 0.5) is 0 Å². The third-order valence-electron chi connectivity index (χ3n) is 4.06. The molecule has 0 amide bonds. The molecule has 1 atom stereocenters. The average Bonchev–Trinajstić information content (AvgIpc) is 2.74. The number of benzene rings is 1. The van der Waals surface area contributed by atoms with Crippen molar-refractivity contribution in [3.05, 3.63) is 46.8 Å². The molecule has 0 saturated carbocycles. The zero-order valence-electron chi connectivity index (χ0n) is 13.9. The zero-order chi connectivity index (χ0) is 15.4. The molecule has 0 aliphatic heterocycles. The van der Waals surface area contributed by atoms with Crippen LogP contribution >= 0.6 is 0 Å². The molecule has 0 bridgehead atoms. The van der Waals surface area contributed by atoms with Gasteiger partial charge in [0.15, 0.2) is 0 Å². The number of nitrogens with zero attached hydrogens (tertiary/aromatic N) is 2. The Balaban J connectivity index is 2.32. The van der Waals surface area contributed by atoms with Crippen molar-refractivity contribution in [2.45, 2.75) is 47.0 Å². The summed E-state index contributed by atoms with van der Waals surface area (Å²) in [5.74, 6) is 0.481. The van der Waals surface area contributed by atoms with Crippen molar-refractivity contribution in [2.24, 2.45) is 0 Å². The van der Waals surface area contributed by atoms with Gasteiger partial charge in [-0.3, -0.25) is 0 Å². The van der Waals surface area contributed by atoms with E-state index in [2.05, 4.69) is 68.9 Å². The molecule has 114 valence electrons. The second-order valence-corrected chi connectivity index (χ2v) is 5.89. The largest absolute Gasteiger partial charge is 0.316 e. The maximum atomic E-state index is 4.78. The van der Waals surface area contributed by atoms with E-state index in [-0.39, 0.29) is 0 Å². The number of para-hydroxylation sites is 1. The molecule has 21 heavy (non-hydrogen) atoms. The van der Waals surface area contributed by atoms with E-state index in [0.29, 0.717) is 5.92 Å². The Morgan fingerprint density at radius 2 is 1.90 bits per heavy atom. The Kier molecular flexibility index (Phi) is 5.18. The Hall–Kier alpha value is -1.61. The molecule has 0 aliphatic carbocycles. The lowest BCUT2D eigenvalue weighted by molar-refractivity contribution is 0.605. The minimum Gasteiger partial charge on any atom is -0.316 e. The van der Waals surface area contributed by atoms with Gasteiger partial charge in [-0.25, -0.2) is 4.68 Å². The number of nitrogens with one attached hydrogen (secondary N) is 1. The SMILES string of the molecule is CCCNCC(C)c1c(C)nn(-c2ccccc2C)c1C. The number of aromatic nitrogens is 2. The van der Waals surface area contributed by atoms with Crippen molar-refractivity contribution in [2.75, 3.05) is 13.1 Å². The van der Waals surface area contributed by atoms with Crippen molar-refractivity contribution in [3.8, 4) is 5.69 Å². The molecule has 1 unspecified atom stereocenters. The molecule has 2 rings (SSSR count). The monoisotopic (exact) mass is 285 g/mol. The van der Waals surface area contributed by atoms with E-state index in [0.717, 1.165) is 18.8 Å². The standard InChI is InChI=1S/C18H27N3/c1-6-11-19-12-14(3)18-15(4)20-21(16(18)5)17-10-8-7-9-13(17)2/h7-10,14,19H,6,11-12H2,1-5H3. The Morgan fingerprint density at radius 1 is 1.19 bits per heavy atom. The molecule has 0 aliphatic rings. The summed E-state index contributed by atoms with van der Waals surface area (Å²) in [5, 5.41) is 8.29. The summed E-state index contributed by atoms with van der Waals surface area (Å²) in [6.07, 6.45) is 1.17. The first-order valence-electron chi connectivity index (χ1n) is 7.89. The molecule has 1 aromatic carbocycles. The zero-order valence-corrected chi connectivity index (χ0v) is 13.9. The van der Waals surface area contributed by atoms with Crippen LogP contribution < -0.4 is 5.32 Å². The average molecular weight is 285 g/mol. The van der Waals surface area contributed by atoms with Gasteiger partial charge in [-0.1, -0.05) is 32.0 Å². The van der Waals surface area contributed by atoms with Crippen LogP contribution in [0.5, 0.6) is 0 Å². The van der Waals surface area contributed by atoms with Crippen molar-refractivity contribution in [1.82, 2.24) is 15.1 Å². The van der Waals surface area contributed by atoms with Gasteiger partial charge in [-0.15, -0.1) is 0 Å². The lowest BCUT2D eigenvalue weighted by Crippen LogP contribution is -2.21. The van der Waals surface area contributed by atoms with Crippen LogP contribution in [0.3, 0.4) is 0 Å². The first-order valence-corrected chi connectivity index (χ1v) is 7.89. The van der Waals surface area contributed by atoms with Gasteiger partial charge in [-0.2, -0.15) is 5.10 Å². The number of aryl methyl sites for hydroxylation is 2. The second kappa shape index (κ2) is 6.90. The van der Waals surface area contributed by atoms with Crippen LogP contribution in [0.25, 0.3) is 5.69 Å². The minimum atomic E-state index is 0.481. The molecular formula is C18H27N3. The highest BCUT2D eigenvalue weighted by atomic mass is 15.3. The van der Waals surface area contributed by atoms with E-state index in [1.165, 1.54) is 28.9 Å². The van der Waals surface area contributed by atoms with Gasteiger partial charge in [0.05, 0.1) is 11.4 Å². The fraction of sp³-hybridized carbons (Fsp3) is 0.500. The molecule has 0 fully saturated rings. The normalized spacial score (nSPS) is 12.6. The predicted octanol–water partition coefficient (Wildman–Crippen LogP) is 3.90. The van der Waals surface area contributed by atoms with E-state index >= 15 is 0 Å². The summed E-state index contributed by atoms with van der Waals surface area (Å²) in [4.78, 5) is 0. The van der Waals surface area contributed by atoms with E-state index in [1.807, 2.05) is 0 Å². The molecule has 0 saturated heterocycles. The topological polar surface area (TPSA) is 29.9 Å². The summed E-state index contributed by atoms with van der Waals surface area (Å²) in [7, 11) is 0. The van der Waals surface area contributed by atoms with Crippen LogP contribution in [-0.4, -0.2) is 22.9 Å². The summed E-state index contributed by atoms with van der Waals surface area (Å²) < 4.78 is 2.09. The van der Waals surface area contributed by atoms with Crippen LogP contribution in [-0.2, 0) is 0 Å². The molecule has 1 aromatic heterocycles. The first kappa shape index (κ1) is 15.8. The lowest BCUT2D eigenvalue weighted by atomic mass is 9.99. The van der Waals surface area contributed by atoms with E-state index < -0.39 is 0 Å². The van der Waals surface area contributed by atoms with E-state index in [9.17, 15) is 0 Å². The highest BCUT2D eigenvalue weighted by Gasteiger charge is 2.18. The van der Waals surface area contributed by atoms with E-state index in [4.69, 9.17) is 5.10 Å². The Bertz CT molecular complexity index is 599. The van der Waals surface area contributed by atoms with Crippen molar-refractivity contribution in [1.29, 1.82) is 0 Å². The highest BCUT2D eigenvalue weighted by Crippen LogP contribution is 2.26. The maximum Gasteiger partial charge on any atom is 0.0678 e. The third kappa shape index (κ3) is 3.35. The van der Waals surface area contributed by atoms with Gasteiger partial charge in [0, 0.05) is 17.8 Å². The van der Waals surface area contributed by atoms with E-state index in [1.54, 1.807) is 0 Å². The Morgan fingerprint density at radius 3 is 2.57 bits per heavy atom. The van der Waals surface area contributed by atoms with Gasteiger partial charge < -0.3 is 5.32 Å². The molecule has 2 aromatic rings. The number of hydrogen-bond donors (Lipinski definition) is 1. The van der Waals surface area contributed by atoms with Gasteiger partial charge in [0.25, 0.3) is 0 Å². The van der Waals surface area contributed by atoms with Gasteiger partial charge in [0.2, 0.25) is 0 Å². The van der Waals surface area contributed by atoms with Crippen LogP contribution in [0.2, 0.25) is 0 Å². The first-order chi connectivity index (χ1) is 10.1. The fourth-order valence-electron chi connectivity index (χ4n) is 3.00. The van der Waals surface area contributed by atoms with Crippen LogP contribution in [0.1, 0.15) is 48.7 Å². The summed E-state index contributed by atoms with van der Waals surface area (Å²) in [6, 6.07) is 8.42. The van der Waals surface area contributed by atoms with Gasteiger partial charge >= 0.3 is 0 Å². The molecule has 1 N–H and O–H groups in total. The van der Waals surface area contributed by atoms with Crippen LogP contribution in [0, 0.1) is 20.8 Å². The summed E-state index contributed by atoms with van der Waals surface area (Å²) in [6.45, 7) is 13.0. The fourth-order valence-corrected chi connectivity index (χ4v) is 3.00. The highest BCUT2D eigenvalue weighted by molar-refractivity contribution is 5.43. The minimum absolute atomic E-state index is 0.481. The van der Waals surface area contributed by atoms with Crippen molar-refractivity contribution >= 4 is 0 Å². The third-order valence-corrected chi connectivity index (χ3v) is 4.06. The van der Waals surface area contributed by atoms with Gasteiger partial charge in [0.1, 0.15) is 0 Å². The molecule has 3 heteroatoms. The van der Waals surface area contributed by atoms with Crippen LogP contribution in [0.15, 0.2) is 24.3 Å². The molecule has 0 spiro atoms. The summed E-state index contributed by atoms with van der Waals surface area (Å²) >= 11 is 0. The second-order valence-electron chi connectivity index (χ2n) is 5.89. The molecular weight excluding hydrogens is 258 g/mol.